The quantitative estimate of drug-likeness (QED) is 0.675. The number of halogens is 5. The molecule has 10 heteroatoms. The Balaban J connectivity index is 2.01. The predicted molar refractivity (Wildman–Crippen MR) is 87.5 cm³/mol. The molecule has 0 fully saturated rings. The first-order valence-electron chi connectivity index (χ1n) is 6.67. The van der Waals surface area contributed by atoms with E-state index in [-0.39, 0.29) is 21.3 Å². The third-order valence-corrected chi connectivity index (χ3v) is 3.61. The van der Waals surface area contributed by atoms with Crippen molar-refractivity contribution in [2.45, 2.75) is 6.18 Å². The zero-order valence-electron chi connectivity index (χ0n) is 12.2. The maximum absolute atomic E-state index is 12.7. The minimum absolute atomic E-state index is 0.0502. The summed E-state index contributed by atoms with van der Waals surface area (Å²) >= 11 is 11.6. The molecule has 0 heterocycles. The Morgan fingerprint density at radius 1 is 0.960 bits per heavy atom. The number of benzene rings is 2. The van der Waals surface area contributed by atoms with E-state index >= 15 is 0 Å². The van der Waals surface area contributed by atoms with Crippen LogP contribution in [-0.4, -0.2) is 11.9 Å². The average Bonchev–Trinajstić information content (AvgIpc) is 2.53. The molecule has 3 amide bonds. The molecule has 3 N–H and O–H groups in total. The molecule has 2 rings (SSSR count). The highest BCUT2D eigenvalue weighted by Gasteiger charge is 2.31. The third kappa shape index (κ3) is 5.01. The molecule has 132 valence electrons. The molecular formula is C15H10Cl2F3N3O2. The number of hydrogen-bond acceptors (Lipinski definition) is 3. The molecule has 2 aromatic carbocycles. The van der Waals surface area contributed by atoms with E-state index in [1.807, 2.05) is 10.7 Å². The zero-order valence-corrected chi connectivity index (χ0v) is 13.8. The van der Waals surface area contributed by atoms with Gasteiger partial charge < -0.3 is 0 Å². The standard InChI is InChI=1S/C15H10Cl2F3N3O2/c16-10-4-2-1-3-9(10)13(24)21-14(25)23-22-12-7-8(15(18,19)20)5-6-11(12)17/h1-7,22H,(H2,21,23,24,25). The fourth-order valence-electron chi connectivity index (χ4n) is 1.77. The van der Waals surface area contributed by atoms with Gasteiger partial charge in [0.05, 0.1) is 26.9 Å². The second kappa shape index (κ2) is 7.62. The van der Waals surface area contributed by atoms with Gasteiger partial charge >= 0.3 is 12.2 Å². The van der Waals surface area contributed by atoms with E-state index in [4.69, 9.17) is 23.2 Å². The Morgan fingerprint density at radius 2 is 1.64 bits per heavy atom. The fourth-order valence-corrected chi connectivity index (χ4v) is 2.15. The molecule has 0 spiro atoms. The fraction of sp³-hybridized carbons (Fsp3) is 0.0667. The van der Waals surface area contributed by atoms with Gasteiger partial charge in [-0.2, -0.15) is 13.2 Å². The summed E-state index contributed by atoms with van der Waals surface area (Å²) in [4.78, 5) is 23.6. The van der Waals surface area contributed by atoms with Crippen LogP contribution in [0.5, 0.6) is 0 Å². The average molecular weight is 392 g/mol. The molecule has 0 saturated heterocycles. The van der Waals surface area contributed by atoms with Crippen molar-refractivity contribution < 1.29 is 22.8 Å². The molecule has 0 radical (unpaired) electrons. The number of alkyl halides is 3. The molecule has 0 bridgehead atoms. The summed E-state index contributed by atoms with van der Waals surface area (Å²) in [7, 11) is 0. The van der Waals surface area contributed by atoms with Gasteiger partial charge in [0.15, 0.2) is 0 Å². The third-order valence-electron chi connectivity index (χ3n) is 2.95. The van der Waals surface area contributed by atoms with Crippen LogP contribution in [0.1, 0.15) is 15.9 Å². The van der Waals surface area contributed by atoms with Crippen LogP contribution in [0.4, 0.5) is 23.7 Å². The molecule has 0 aromatic heterocycles. The Labute approximate surface area is 150 Å². The van der Waals surface area contributed by atoms with Gasteiger partial charge in [-0.05, 0) is 30.3 Å². The van der Waals surface area contributed by atoms with E-state index in [0.29, 0.717) is 0 Å². The monoisotopic (exact) mass is 391 g/mol. The van der Waals surface area contributed by atoms with Crippen molar-refractivity contribution >= 4 is 40.8 Å². The lowest BCUT2D eigenvalue weighted by Crippen LogP contribution is -2.42. The highest BCUT2D eigenvalue weighted by atomic mass is 35.5. The Hall–Kier alpha value is -2.45. The van der Waals surface area contributed by atoms with E-state index in [0.717, 1.165) is 18.2 Å². The number of hydrazine groups is 1. The second-order valence-corrected chi connectivity index (χ2v) is 5.52. The molecule has 0 saturated carbocycles. The lowest BCUT2D eigenvalue weighted by Gasteiger charge is -2.13. The Morgan fingerprint density at radius 3 is 2.28 bits per heavy atom. The molecule has 2 aromatic rings. The first-order chi connectivity index (χ1) is 11.7. The molecule has 0 aliphatic heterocycles. The summed E-state index contributed by atoms with van der Waals surface area (Å²) in [5.74, 6) is -0.778. The molecule has 0 aliphatic carbocycles. The minimum Gasteiger partial charge on any atom is -0.296 e. The largest absolute Gasteiger partial charge is 0.416 e. The van der Waals surface area contributed by atoms with Crippen LogP contribution >= 0.6 is 23.2 Å². The number of nitrogens with one attached hydrogen (secondary N) is 3. The first-order valence-corrected chi connectivity index (χ1v) is 7.42. The highest BCUT2D eigenvalue weighted by molar-refractivity contribution is 6.34. The summed E-state index contributed by atoms with van der Waals surface area (Å²) < 4.78 is 38.0. The van der Waals surface area contributed by atoms with Gasteiger partial charge in [-0.3, -0.25) is 21.0 Å². The summed E-state index contributed by atoms with van der Waals surface area (Å²) in [6.45, 7) is 0. The van der Waals surface area contributed by atoms with Gasteiger partial charge in [0.25, 0.3) is 5.91 Å². The van der Waals surface area contributed by atoms with Crippen LogP contribution in [-0.2, 0) is 6.18 Å². The normalized spacial score (nSPS) is 10.9. The summed E-state index contributed by atoms with van der Waals surface area (Å²) in [5, 5.41) is 2.06. The molecule has 25 heavy (non-hydrogen) atoms. The van der Waals surface area contributed by atoms with Crippen molar-refractivity contribution in [1.29, 1.82) is 0 Å². The van der Waals surface area contributed by atoms with Crippen molar-refractivity contribution in [3.63, 3.8) is 0 Å². The van der Waals surface area contributed by atoms with Gasteiger partial charge in [0.2, 0.25) is 0 Å². The number of carbonyl (C=O) groups is 2. The van der Waals surface area contributed by atoms with Crippen molar-refractivity contribution in [3.8, 4) is 0 Å². The number of imide groups is 1. The number of urea groups is 1. The zero-order chi connectivity index (χ0) is 18.6. The van der Waals surface area contributed by atoms with Crippen molar-refractivity contribution in [1.82, 2.24) is 10.7 Å². The van der Waals surface area contributed by atoms with Crippen LogP contribution in [0.15, 0.2) is 42.5 Å². The number of carbonyl (C=O) groups excluding carboxylic acids is 2. The maximum Gasteiger partial charge on any atom is 0.416 e. The summed E-state index contributed by atoms with van der Waals surface area (Å²) in [6, 6.07) is 7.58. The van der Waals surface area contributed by atoms with Crippen molar-refractivity contribution in [2.24, 2.45) is 0 Å². The molecular weight excluding hydrogens is 382 g/mol. The van der Waals surface area contributed by atoms with Crippen LogP contribution in [0.2, 0.25) is 10.0 Å². The van der Waals surface area contributed by atoms with E-state index < -0.39 is 23.7 Å². The van der Waals surface area contributed by atoms with Crippen LogP contribution < -0.4 is 16.2 Å². The Kier molecular flexibility index (Phi) is 5.76. The van der Waals surface area contributed by atoms with Crippen LogP contribution in [0.3, 0.4) is 0 Å². The van der Waals surface area contributed by atoms with E-state index in [1.54, 1.807) is 12.1 Å². The lowest BCUT2D eigenvalue weighted by atomic mass is 10.2. The number of amides is 3. The topological polar surface area (TPSA) is 70.2 Å². The van der Waals surface area contributed by atoms with E-state index in [1.165, 1.54) is 12.1 Å². The van der Waals surface area contributed by atoms with E-state index in [2.05, 4.69) is 5.43 Å². The smallest absolute Gasteiger partial charge is 0.296 e. The number of hydrogen-bond donors (Lipinski definition) is 3. The SMILES string of the molecule is O=C(NNc1cc(C(F)(F)F)ccc1Cl)NC(=O)c1ccccc1Cl. The van der Waals surface area contributed by atoms with Crippen molar-refractivity contribution in [2.75, 3.05) is 5.43 Å². The van der Waals surface area contributed by atoms with Crippen LogP contribution in [0, 0.1) is 0 Å². The van der Waals surface area contributed by atoms with Gasteiger partial charge in [-0.25, -0.2) is 4.79 Å². The maximum atomic E-state index is 12.7. The van der Waals surface area contributed by atoms with Gasteiger partial charge in [0, 0.05) is 0 Å². The number of anilines is 1. The highest BCUT2D eigenvalue weighted by Crippen LogP contribution is 2.33. The van der Waals surface area contributed by atoms with Crippen molar-refractivity contribution in [3.05, 3.63) is 63.6 Å². The molecule has 0 atom stereocenters. The summed E-state index contributed by atoms with van der Waals surface area (Å²) in [6.07, 6.45) is -4.57. The van der Waals surface area contributed by atoms with Gasteiger partial charge in [-0.1, -0.05) is 35.3 Å². The molecule has 5 nitrogen and oxygen atoms in total. The minimum atomic E-state index is -4.57. The van der Waals surface area contributed by atoms with Crippen LogP contribution in [0.25, 0.3) is 0 Å². The second-order valence-electron chi connectivity index (χ2n) is 4.71. The summed E-state index contributed by atoms with van der Waals surface area (Å²) in [5.41, 5.74) is 3.17. The predicted octanol–water partition coefficient (Wildman–Crippen LogP) is 4.48. The number of rotatable bonds is 3. The van der Waals surface area contributed by atoms with E-state index in [9.17, 15) is 22.8 Å². The lowest BCUT2D eigenvalue weighted by molar-refractivity contribution is -0.137. The Bertz CT molecular complexity index is 813. The van der Waals surface area contributed by atoms with Gasteiger partial charge in [-0.15, -0.1) is 0 Å². The molecule has 0 unspecified atom stereocenters. The van der Waals surface area contributed by atoms with Gasteiger partial charge in [0.1, 0.15) is 0 Å². The first kappa shape index (κ1) is 18.9. The molecule has 0 aliphatic rings.